The number of carbonyl (C=O) groups is 14. The van der Waals surface area contributed by atoms with Gasteiger partial charge in [0.2, 0.25) is 70.9 Å². The highest BCUT2D eigenvalue weighted by Crippen LogP contribution is 2.09. The zero-order valence-corrected chi connectivity index (χ0v) is 77.5. The summed E-state index contributed by atoms with van der Waals surface area (Å²) in [6.45, 7) is 19.0. The van der Waals surface area contributed by atoms with E-state index in [0.29, 0.717) is 211 Å². The van der Waals surface area contributed by atoms with Crippen LogP contribution in [0.1, 0.15) is 106 Å². The van der Waals surface area contributed by atoms with Crippen LogP contribution >= 0.6 is 0 Å². The summed E-state index contributed by atoms with van der Waals surface area (Å²) >= 11 is 0. The number of rotatable bonds is 89. The molecular weight excluding hydrogens is 1720 g/mol. The molecule has 4 unspecified atom stereocenters. The summed E-state index contributed by atoms with van der Waals surface area (Å²) in [5.41, 5.74) is 10.5. The first kappa shape index (κ1) is 122. The van der Waals surface area contributed by atoms with Crippen molar-refractivity contribution in [1.29, 1.82) is 0 Å². The Morgan fingerprint density at radius 3 is 0.708 bits per heavy atom. The third-order valence-electron chi connectivity index (χ3n) is 16.5. The lowest BCUT2D eigenvalue weighted by Crippen LogP contribution is -2.58. The molecule has 130 heavy (non-hydrogen) atoms. The number of amides is 12. The second-order valence-corrected chi connectivity index (χ2v) is 30.2. The van der Waals surface area contributed by atoms with E-state index in [1.807, 2.05) is 0 Å². The van der Waals surface area contributed by atoms with Crippen molar-refractivity contribution in [1.82, 2.24) is 63.8 Å². The van der Waals surface area contributed by atoms with E-state index < -0.39 is 157 Å². The van der Waals surface area contributed by atoms with Gasteiger partial charge < -0.3 is 170 Å². The van der Waals surface area contributed by atoms with Gasteiger partial charge >= 0.3 is 11.9 Å². The summed E-state index contributed by atoms with van der Waals surface area (Å²) in [5.74, 6) is -9.65. The van der Waals surface area contributed by atoms with Crippen molar-refractivity contribution in [3.63, 3.8) is 0 Å². The highest BCUT2D eigenvalue weighted by Gasteiger charge is 2.29. The van der Waals surface area contributed by atoms with Gasteiger partial charge in [0.05, 0.1) is 238 Å². The van der Waals surface area contributed by atoms with E-state index in [4.69, 9.17) is 106 Å². The summed E-state index contributed by atoms with van der Waals surface area (Å²) in [5, 5.41) is 29.8. The van der Waals surface area contributed by atoms with Gasteiger partial charge in [0.1, 0.15) is 61.7 Å². The van der Waals surface area contributed by atoms with Gasteiger partial charge in [-0.25, -0.2) is 0 Å². The van der Waals surface area contributed by atoms with Crippen LogP contribution in [0, 0.1) is 0 Å². The summed E-state index contributed by atoms with van der Waals surface area (Å²) in [7, 11) is 3.23. The fourth-order valence-corrected chi connectivity index (χ4v) is 10.0. The minimum absolute atomic E-state index is 0.0127. The first-order valence-electron chi connectivity index (χ1n) is 43.9. The van der Waals surface area contributed by atoms with Crippen molar-refractivity contribution < 1.29 is 162 Å². The van der Waals surface area contributed by atoms with E-state index in [9.17, 15) is 67.1 Å². The smallest absolute Gasteiger partial charge is 0.325 e. The van der Waals surface area contributed by atoms with Crippen LogP contribution in [0.15, 0.2) is 0 Å². The zero-order chi connectivity index (χ0) is 96.2. The molecule has 0 fully saturated rings. The van der Waals surface area contributed by atoms with Gasteiger partial charge in [-0.2, -0.15) is 0 Å². The first-order valence-corrected chi connectivity index (χ1v) is 43.9. The molecule has 12 amide bonds. The zero-order valence-electron chi connectivity index (χ0n) is 77.5. The molecule has 48 nitrogen and oxygen atoms in total. The Morgan fingerprint density at radius 2 is 0.462 bits per heavy atom. The molecule has 0 radical (unpaired) electrons. The molecule has 0 aliphatic heterocycles. The maximum absolute atomic E-state index is 13.5. The standard InChI is InChI=1S/C82H152N14O34/c1-81(2,3)129-73(105)59-91-67(99)55-89-69(101)57-93-77(107)63(15-9-11-19-85-71(103)61-127-53-51-125-49-47-123-45-43-121-41-39-119-37-35-117-33-31-115-29-27-113-25-23-111-7)95-65(97)17-13-21-87-79(109)75(83)76(84)80(110)88-22-14-18-66(98)96-64(78(108)94-58-70(102)90-56-68(100)92-60-74(106)130-82(4,5)6)16-10-12-20-86-72(104)62-128-54-52-126-50-48-124-46-44-122-42-40-120-38-36-118-34-32-116-30-28-114-26-24-112-8/h63-64,75-76H,9-62,83-84H2,1-8H3,(H,85,103)(H,86,104)(H,87,109)(H,88,110)(H,89,101)(H,90,102)(H,91,99)(H,92,100)(H,93,107)(H,94,108)(H,95,97)(H,96,98). The number of hydrogen-bond acceptors (Lipinski definition) is 36. The molecule has 0 aromatic heterocycles. The Bertz CT molecular complexity index is 2850. The number of hydrogen-bond donors (Lipinski definition) is 14. The number of esters is 2. The van der Waals surface area contributed by atoms with E-state index in [1.54, 1.807) is 55.8 Å². The second-order valence-electron chi connectivity index (χ2n) is 30.2. The highest BCUT2D eigenvalue weighted by molar-refractivity contribution is 5.94. The topological polar surface area (TPSA) is 620 Å². The largest absolute Gasteiger partial charge is 0.459 e. The summed E-state index contributed by atoms with van der Waals surface area (Å²) < 4.78 is 107. The summed E-state index contributed by atoms with van der Waals surface area (Å²) in [6.07, 6.45) is 0.952. The van der Waals surface area contributed by atoms with Crippen LogP contribution in [-0.4, -0.2) is 422 Å². The number of nitrogens with two attached hydrogens (primary N) is 2. The van der Waals surface area contributed by atoms with Crippen LogP contribution in [0.4, 0.5) is 0 Å². The number of methoxy groups -OCH3 is 2. The van der Waals surface area contributed by atoms with Gasteiger partial charge in [-0.1, -0.05) is 0 Å². The molecule has 0 bridgehead atoms. The van der Waals surface area contributed by atoms with Crippen LogP contribution in [0.5, 0.6) is 0 Å². The Labute approximate surface area is 762 Å². The van der Waals surface area contributed by atoms with Crippen molar-refractivity contribution >= 4 is 82.8 Å². The quantitative estimate of drug-likeness (QED) is 0.0199. The Kier molecular flexibility index (Phi) is 78.5. The second kappa shape index (κ2) is 83.8. The van der Waals surface area contributed by atoms with Gasteiger partial charge in [0.25, 0.3) is 0 Å². The van der Waals surface area contributed by atoms with Crippen molar-refractivity contribution in [2.45, 2.75) is 141 Å². The van der Waals surface area contributed by atoms with Gasteiger partial charge in [0, 0.05) is 53.2 Å². The number of ether oxygens (including phenoxy) is 20. The lowest BCUT2D eigenvalue weighted by atomic mass is 10.1. The summed E-state index contributed by atoms with van der Waals surface area (Å²) in [4.78, 5) is 179. The molecule has 0 rings (SSSR count). The van der Waals surface area contributed by atoms with Gasteiger partial charge in [0.15, 0.2) is 0 Å². The molecule has 0 saturated carbocycles. The molecule has 0 aliphatic carbocycles. The molecule has 0 spiro atoms. The van der Waals surface area contributed by atoms with Gasteiger partial charge in [-0.3, -0.25) is 67.1 Å². The summed E-state index contributed by atoms with van der Waals surface area (Å²) in [6, 6.07) is -5.55. The lowest BCUT2D eigenvalue weighted by molar-refractivity contribution is -0.155. The van der Waals surface area contributed by atoms with Crippen LogP contribution in [-0.2, 0) is 162 Å². The monoisotopic (exact) mass is 1880 g/mol. The van der Waals surface area contributed by atoms with Crippen LogP contribution in [0.2, 0.25) is 0 Å². The SMILES string of the molecule is COCCOCCOCCOCCOCCOCCOCCOCCOCC(=O)NCCCCC(NC(=O)CCCNC(=O)C(N)C(N)C(=O)NCCCC(=O)NC(CCCCNC(=O)COCCOCCOCCOCCOCCOCCOCCOCCOC)C(=O)NCC(=O)NCC(=O)NCC(=O)OC(C)(C)C)C(=O)NCC(=O)NCC(=O)NCC(=O)OC(C)(C)C. The molecule has 754 valence electrons. The molecule has 16 N–H and O–H groups in total. The average molecular weight is 1880 g/mol. The number of carbonyl (C=O) groups excluding carboxylic acids is 14. The Balaban J connectivity index is 5.12. The molecule has 48 heteroatoms. The van der Waals surface area contributed by atoms with Gasteiger partial charge in [-0.15, -0.1) is 0 Å². The fourth-order valence-electron chi connectivity index (χ4n) is 10.0. The molecular formula is C82H152N14O34. The molecule has 0 aliphatic rings. The maximum Gasteiger partial charge on any atom is 0.325 e. The maximum atomic E-state index is 13.5. The number of nitrogens with one attached hydrogen (secondary N) is 12. The third-order valence-corrected chi connectivity index (χ3v) is 16.5. The van der Waals surface area contributed by atoms with Crippen LogP contribution in [0.25, 0.3) is 0 Å². The van der Waals surface area contributed by atoms with E-state index in [1.165, 1.54) is 0 Å². The predicted molar refractivity (Wildman–Crippen MR) is 465 cm³/mol. The Morgan fingerprint density at radius 1 is 0.238 bits per heavy atom. The van der Waals surface area contributed by atoms with Gasteiger partial charge in [-0.05, 0) is 92.9 Å². The Hall–Kier alpha value is -8.22. The van der Waals surface area contributed by atoms with Crippen LogP contribution < -0.4 is 75.3 Å². The van der Waals surface area contributed by atoms with E-state index in [2.05, 4.69) is 63.8 Å². The molecule has 0 aromatic rings. The van der Waals surface area contributed by atoms with E-state index in [0.717, 1.165) is 0 Å². The van der Waals surface area contributed by atoms with Crippen LogP contribution in [0.3, 0.4) is 0 Å². The predicted octanol–water partition coefficient (Wildman–Crippen LogP) is -6.08. The minimum Gasteiger partial charge on any atom is -0.459 e. The fraction of sp³-hybridized carbons (Fsp3) is 0.829. The van der Waals surface area contributed by atoms with E-state index >= 15 is 0 Å². The van der Waals surface area contributed by atoms with E-state index in [-0.39, 0.29) is 104 Å². The average Bonchev–Trinajstić information content (AvgIpc) is 0.887. The molecule has 4 atom stereocenters. The molecule has 0 aromatic carbocycles. The van der Waals surface area contributed by atoms with Crippen molar-refractivity contribution in [3.8, 4) is 0 Å². The highest BCUT2D eigenvalue weighted by atomic mass is 16.6. The normalized spacial score (nSPS) is 12.3. The van der Waals surface area contributed by atoms with Crippen molar-refractivity contribution in [3.05, 3.63) is 0 Å². The third kappa shape index (κ3) is 81.7. The molecule has 0 saturated heterocycles. The lowest BCUT2D eigenvalue weighted by Gasteiger charge is -2.20. The number of unbranched alkanes of at least 4 members (excludes halogenated alkanes) is 2. The minimum atomic E-state index is -1.58. The van der Waals surface area contributed by atoms with Crippen molar-refractivity contribution in [2.75, 3.05) is 304 Å². The molecule has 0 heterocycles. The van der Waals surface area contributed by atoms with Crippen molar-refractivity contribution in [2.24, 2.45) is 11.5 Å². The first-order chi connectivity index (χ1) is 62.5.